The maximum atomic E-state index is 12.7. The van der Waals surface area contributed by atoms with E-state index in [9.17, 15) is 9.59 Å². The molecule has 136 valence electrons. The van der Waals surface area contributed by atoms with Crippen LogP contribution in [0.4, 0.5) is 4.79 Å². The Labute approximate surface area is 169 Å². The second kappa shape index (κ2) is 8.42. The first-order valence-electron chi connectivity index (χ1n) is 8.08. The van der Waals surface area contributed by atoms with Crippen LogP contribution < -0.4 is 4.74 Å². The average molecular weight is 443 g/mol. The number of aryl methyl sites for hydroxylation is 1. The Balaban J connectivity index is 1.85. The molecule has 0 unspecified atom stereocenters. The largest absolute Gasteiger partial charge is 0.478 e. The summed E-state index contributed by atoms with van der Waals surface area (Å²) >= 11 is 4.28. The van der Waals surface area contributed by atoms with Crippen molar-refractivity contribution in [3.8, 4) is 11.8 Å². The minimum Gasteiger partial charge on any atom is -0.478 e. The van der Waals surface area contributed by atoms with E-state index >= 15 is 0 Å². The zero-order valence-electron chi connectivity index (χ0n) is 14.4. The maximum Gasteiger partial charge on any atom is 0.293 e. The fourth-order valence-corrected chi connectivity index (χ4v) is 3.74. The number of thioether (sulfide) groups is 1. The molecule has 27 heavy (non-hydrogen) atoms. The van der Waals surface area contributed by atoms with E-state index in [1.165, 1.54) is 4.90 Å². The number of nitrogens with zero attached hydrogens (tertiary/aromatic N) is 2. The fourth-order valence-electron chi connectivity index (χ4n) is 2.53. The summed E-state index contributed by atoms with van der Waals surface area (Å²) < 4.78 is 6.20. The molecule has 0 aliphatic carbocycles. The molecule has 0 N–H and O–H groups in total. The van der Waals surface area contributed by atoms with Crippen molar-refractivity contribution in [2.75, 3.05) is 6.61 Å². The number of amides is 2. The van der Waals surface area contributed by atoms with Gasteiger partial charge in [-0.15, -0.1) is 0 Å². The molecule has 0 aromatic heterocycles. The van der Waals surface area contributed by atoms with Crippen LogP contribution in [0.25, 0.3) is 6.08 Å². The highest BCUT2D eigenvalue weighted by Gasteiger charge is 2.35. The first-order valence-corrected chi connectivity index (χ1v) is 9.69. The Kier molecular flexibility index (Phi) is 5.99. The lowest BCUT2D eigenvalue weighted by atomic mass is 10.1. The number of carbonyl (C=O) groups excluding carboxylic acids is 2. The minimum atomic E-state index is -0.336. The Bertz CT molecular complexity index is 964. The molecule has 2 amide bonds. The zero-order chi connectivity index (χ0) is 19.4. The van der Waals surface area contributed by atoms with Crippen molar-refractivity contribution >= 4 is 44.9 Å². The van der Waals surface area contributed by atoms with Gasteiger partial charge in [-0.25, -0.2) is 0 Å². The van der Waals surface area contributed by atoms with Gasteiger partial charge in [0.1, 0.15) is 11.8 Å². The van der Waals surface area contributed by atoms with Crippen molar-refractivity contribution in [1.29, 1.82) is 5.26 Å². The lowest BCUT2D eigenvalue weighted by Crippen LogP contribution is -2.27. The third-order valence-corrected chi connectivity index (χ3v) is 5.29. The summed E-state index contributed by atoms with van der Waals surface area (Å²) in [6.07, 6.45) is 1.62. The molecule has 0 spiro atoms. The van der Waals surface area contributed by atoms with Crippen LogP contribution in [0.3, 0.4) is 0 Å². The third kappa shape index (κ3) is 4.59. The molecule has 7 heteroatoms. The van der Waals surface area contributed by atoms with Crippen molar-refractivity contribution in [3.63, 3.8) is 0 Å². The summed E-state index contributed by atoms with van der Waals surface area (Å²) in [5.74, 6) is 0.141. The van der Waals surface area contributed by atoms with E-state index < -0.39 is 0 Å². The predicted molar refractivity (Wildman–Crippen MR) is 108 cm³/mol. The normalized spacial score (nSPS) is 15.3. The molecule has 0 bridgehead atoms. The number of hydrogen-bond donors (Lipinski definition) is 0. The van der Waals surface area contributed by atoms with Gasteiger partial charge in [-0.05, 0) is 48.5 Å². The Morgan fingerprint density at radius 2 is 1.96 bits per heavy atom. The van der Waals surface area contributed by atoms with Crippen LogP contribution in [0.1, 0.15) is 16.7 Å². The van der Waals surface area contributed by atoms with Crippen molar-refractivity contribution in [2.24, 2.45) is 0 Å². The van der Waals surface area contributed by atoms with Gasteiger partial charge in [-0.2, -0.15) is 5.26 Å². The smallest absolute Gasteiger partial charge is 0.293 e. The molecule has 1 aliphatic rings. The van der Waals surface area contributed by atoms with Gasteiger partial charge in [0.2, 0.25) is 0 Å². The van der Waals surface area contributed by atoms with E-state index in [0.717, 1.165) is 27.4 Å². The standard InChI is InChI=1S/C20H15BrN2O3S/c1-13-2-4-14(5-3-13)12-23-19(24)18(27-20(23)25)11-15-10-16(21)6-7-17(15)26-9-8-22/h2-7,10-11H,9,12H2,1H3/b18-11-. The van der Waals surface area contributed by atoms with Crippen LogP contribution in [-0.2, 0) is 11.3 Å². The van der Waals surface area contributed by atoms with Gasteiger partial charge in [-0.1, -0.05) is 45.8 Å². The van der Waals surface area contributed by atoms with Gasteiger partial charge in [0, 0.05) is 10.0 Å². The van der Waals surface area contributed by atoms with Gasteiger partial charge in [0.05, 0.1) is 11.4 Å². The number of hydrogen-bond acceptors (Lipinski definition) is 5. The highest BCUT2D eigenvalue weighted by Crippen LogP contribution is 2.35. The number of benzene rings is 2. The molecule has 3 rings (SSSR count). The quantitative estimate of drug-likeness (QED) is 0.615. The number of halogens is 1. The van der Waals surface area contributed by atoms with Crippen LogP contribution in [0.15, 0.2) is 51.8 Å². The lowest BCUT2D eigenvalue weighted by molar-refractivity contribution is -0.123. The van der Waals surface area contributed by atoms with Gasteiger partial charge in [0.25, 0.3) is 11.1 Å². The van der Waals surface area contributed by atoms with E-state index in [-0.39, 0.29) is 24.3 Å². The van der Waals surface area contributed by atoms with E-state index in [0.29, 0.717) is 16.2 Å². The summed E-state index contributed by atoms with van der Waals surface area (Å²) in [6, 6.07) is 14.9. The molecule has 0 saturated carbocycles. The third-order valence-electron chi connectivity index (χ3n) is 3.89. The molecule has 1 saturated heterocycles. The molecular formula is C20H15BrN2O3S. The second-order valence-electron chi connectivity index (χ2n) is 5.88. The summed E-state index contributed by atoms with van der Waals surface area (Å²) in [5, 5.41) is 8.41. The topological polar surface area (TPSA) is 70.4 Å². The highest BCUT2D eigenvalue weighted by molar-refractivity contribution is 9.10. The molecule has 2 aromatic rings. The fraction of sp³-hybridized carbons (Fsp3) is 0.150. The minimum absolute atomic E-state index is 0.0998. The highest BCUT2D eigenvalue weighted by atomic mass is 79.9. The molecule has 0 radical (unpaired) electrons. The van der Waals surface area contributed by atoms with Gasteiger partial charge in [-0.3, -0.25) is 14.5 Å². The van der Waals surface area contributed by atoms with Crippen molar-refractivity contribution < 1.29 is 14.3 Å². The van der Waals surface area contributed by atoms with Gasteiger partial charge in [0.15, 0.2) is 6.61 Å². The average Bonchev–Trinajstić information content (AvgIpc) is 2.90. The number of carbonyl (C=O) groups is 2. The molecule has 5 nitrogen and oxygen atoms in total. The molecular weight excluding hydrogens is 428 g/mol. The van der Waals surface area contributed by atoms with E-state index in [1.54, 1.807) is 24.3 Å². The van der Waals surface area contributed by atoms with E-state index in [1.807, 2.05) is 37.3 Å². The van der Waals surface area contributed by atoms with Crippen molar-refractivity contribution in [2.45, 2.75) is 13.5 Å². The van der Waals surface area contributed by atoms with Crippen LogP contribution in [0.5, 0.6) is 5.75 Å². The number of ether oxygens (including phenoxy) is 1. The number of nitriles is 1. The summed E-state index contributed by atoms with van der Waals surface area (Å²) in [5.41, 5.74) is 2.64. The maximum absolute atomic E-state index is 12.7. The zero-order valence-corrected chi connectivity index (χ0v) is 16.8. The summed E-state index contributed by atoms with van der Waals surface area (Å²) in [7, 11) is 0. The molecule has 1 heterocycles. The van der Waals surface area contributed by atoms with Gasteiger partial charge >= 0.3 is 0 Å². The molecule has 2 aromatic carbocycles. The second-order valence-corrected chi connectivity index (χ2v) is 7.79. The Morgan fingerprint density at radius 1 is 1.22 bits per heavy atom. The first kappa shape index (κ1) is 19.2. The van der Waals surface area contributed by atoms with E-state index in [2.05, 4.69) is 15.9 Å². The van der Waals surface area contributed by atoms with Crippen LogP contribution in [0.2, 0.25) is 0 Å². The predicted octanol–water partition coefficient (Wildman–Crippen LogP) is 4.90. The van der Waals surface area contributed by atoms with Crippen molar-refractivity contribution in [3.05, 3.63) is 68.5 Å². The Hall–Kier alpha value is -2.56. The van der Waals surface area contributed by atoms with Crippen LogP contribution in [-0.4, -0.2) is 22.7 Å². The lowest BCUT2D eigenvalue weighted by Gasteiger charge is -2.12. The van der Waals surface area contributed by atoms with Crippen LogP contribution >= 0.6 is 27.7 Å². The number of rotatable bonds is 5. The Morgan fingerprint density at radius 3 is 2.67 bits per heavy atom. The summed E-state index contributed by atoms with van der Waals surface area (Å²) in [6.45, 7) is 2.12. The monoisotopic (exact) mass is 442 g/mol. The van der Waals surface area contributed by atoms with Crippen LogP contribution in [0, 0.1) is 18.3 Å². The molecule has 1 fully saturated rings. The molecule has 1 aliphatic heterocycles. The number of imide groups is 1. The summed E-state index contributed by atoms with van der Waals surface area (Å²) in [4.78, 5) is 26.6. The SMILES string of the molecule is Cc1ccc(CN2C(=O)S/C(=C\c3cc(Br)ccc3OCC#N)C2=O)cc1. The first-order chi connectivity index (χ1) is 13.0. The van der Waals surface area contributed by atoms with Gasteiger partial charge < -0.3 is 4.74 Å². The molecule has 0 atom stereocenters. The van der Waals surface area contributed by atoms with E-state index in [4.69, 9.17) is 10.00 Å². The van der Waals surface area contributed by atoms with Crippen molar-refractivity contribution in [1.82, 2.24) is 4.90 Å².